The molecule has 17 heavy (non-hydrogen) atoms. The van der Waals surface area contributed by atoms with E-state index in [1.54, 1.807) is 26.5 Å². The van der Waals surface area contributed by atoms with Crippen LogP contribution in [0.5, 0.6) is 11.5 Å². The van der Waals surface area contributed by atoms with Crippen molar-refractivity contribution >= 4 is 5.82 Å². The summed E-state index contributed by atoms with van der Waals surface area (Å²) in [5.74, 6) is 1.77. The fourth-order valence-electron chi connectivity index (χ4n) is 1.52. The minimum Gasteiger partial charge on any atom is -0.497 e. The number of hydrogen-bond donors (Lipinski definition) is 1. The monoisotopic (exact) mass is 231 g/mol. The maximum atomic E-state index is 5.60. The molecular weight excluding hydrogens is 218 g/mol. The molecule has 0 aliphatic rings. The van der Waals surface area contributed by atoms with Gasteiger partial charge in [0.05, 0.1) is 32.3 Å². The number of hydrogen-bond acceptors (Lipinski definition) is 5. The molecule has 2 N–H and O–H groups in total. The number of nitrogens with zero attached hydrogens (tertiary/aromatic N) is 2. The van der Waals surface area contributed by atoms with Crippen molar-refractivity contribution in [3.05, 3.63) is 30.6 Å². The van der Waals surface area contributed by atoms with E-state index in [1.807, 2.05) is 12.1 Å². The van der Waals surface area contributed by atoms with Gasteiger partial charge in [-0.2, -0.15) is 0 Å². The van der Waals surface area contributed by atoms with E-state index in [0.29, 0.717) is 17.3 Å². The minimum absolute atomic E-state index is 0.375. The van der Waals surface area contributed by atoms with Crippen LogP contribution in [-0.4, -0.2) is 24.2 Å². The fraction of sp³-hybridized carbons (Fsp3) is 0.167. The molecule has 5 heteroatoms. The van der Waals surface area contributed by atoms with Crippen LogP contribution in [0.25, 0.3) is 11.3 Å². The van der Waals surface area contributed by atoms with Crippen LogP contribution in [0.2, 0.25) is 0 Å². The Morgan fingerprint density at radius 3 is 2.59 bits per heavy atom. The number of benzene rings is 1. The number of nitrogen functional groups attached to an aromatic ring is 1. The van der Waals surface area contributed by atoms with E-state index in [0.717, 1.165) is 11.3 Å². The maximum Gasteiger partial charge on any atom is 0.142 e. The van der Waals surface area contributed by atoms with Crippen molar-refractivity contribution in [2.45, 2.75) is 0 Å². The molecule has 1 aromatic heterocycles. The quantitative estimate of drug-likeness (QED) is 0.871. The Morgan fingerprint density at radius 1 is 1.12 bits per heavy atom. The number of rotatable bonds is 3. The molecule has 0 aliphatic carbocycles. The lowest BCUT2D eigenvalue weighted by atomic mass is 10.1. The molecule has 0 unspecified atom stereocenters. The third-order valence-corrected chi connectivity index (χ3v) is 2.34. The van der Waals surface area contributed by atoms with E-state index in [4.69, 9.17) is 15.2 Å². The standard InChI is InChI=1S/C12H13N3O2/c1-16-8-3-4-9(11(5-8)17-2)10-6-14-7-12(13)15-10/h3-7H,1-2H3,(H2,13,15). The molecule has 0 atom stereocenters. The Morgan fingerprint density at radius 2 is 1.94 bits per heavy atom. The van der Waals surface area contributed by atoms with Gasteiger partial charge in [0, 0.05) is 11.6 Å². The predicted octanol–water partition coefficient (Wildman–Crippen LogP) is 1.74. The Bertz CT molecular complexity index is 529. The Kier molecular flexibility index (Phi) is 3.09. The van der Waals surface area contributed by atoms with Gasteiger partial charge >= 0.3 is 0 Å². The number of anilines is 1. The third kappa shape index (κ3) is 2.28. The number of nitrogens with two attached hydrogens (primary N) is 1. The van der Waals surface area contributed by atoms with Crippen molar-refractivity contribution in [2.75, 3.05) is 20.0 Å². The molecule has 0 saturated heterocycles. The fourth-order valence-corrected chi connectivity index (χ4v) is 1.52. The van der Waals surface area contributed by atoms with Gasteiger partial charge in [0.25, 0.3) is 0 Å². The van der Waals surface area contributed by atoms with E-state index in [9.17, 15) is 0 Å². The van der Waals surface area contributed by atoms with Gasteiger partial charge in [-0.1, -0.05) is 0 Å². The summed E-state index contributed by atoms with van der Waals surface area (Å²) in [6, 6.07) is 5.49. The summed E-state index contributed by atoms with van der Waals surface area (Å²) in [5, 5.41) is 0. The predicted molar refractivity (Wildman–Crippen MR) is 65.0 cm³/mol. The second-order valence-corrected chi connectivity index (χ2v) is 3.40. The maximum absolute atomic E-state index is 5.60. The van der Waals surface area contributed by atoms with Crippen molar-refractivity contribution in [1.82, 2.24) is 9.97 Å². The first-order valence-corrected chi connectivity index (χ1v) is 5.04. The number of methoxy groups -OCH3 is 2. The first-order valence-electron chi connectivity index (χ1n) is 5.04. The van der Waals surface area contributed by atoms with Gasteiger partial charge in [-0.25, -0.2) is 4.98 Å². The second-order valence-electron chi connectivity index (χ2n) is 3.40. The molecule has 2 rings (SSSR count). The number of aromatic nitrogens is 2. The smallest absolute Gasteiger partial charge is 0.142 e. The molecule has 2 aromatic rings. The molecule has 1 heterocycles. The normalized spacial score (nSPS) is 10.0. The summed E-state index contributed by atoms with van der Waals surface area (Å²) < 4.78 is 10.4. The van der Waals surface area contributed by atoms with Gasteiger partial charge in [-0.3, -0.25) is 4.98 Å². The molecule has 88 valence electrons. The molecule has 0 radical (unpaired) electrons. The summed E-state index contributed by atoms with van der Waals surface area (Å²) in [4.78, 5) is 8.21. The molecule has 0 spiro atoms. The Hall–Kier alpha value is -2.30. The number of ether oxygens (including phenoxy) is 2. The average Bonchev–Trinajstić information content (AvgIpc) is 2.38. The van der Waals surface area contributed by atoms with Crippen LogP contribution < -0.4 is 15.2 Å². The molecule has 0 bridgehead atoms. The van der Waals surface area contributed by atoms with Crippen molar-refractivity contribution in [2.24, 2.45) is 0 Å². The SMILES string of the molecule is COc1ccc(-c2cncc(N)n2)c(OC)c1. The van der Waals surface area contributed by atoms with Crippen molar-refractivity contribution in [3.63, 3.8) is 0 Å². The van der Waals surface area contributed by atoms with Gasteiger partial charge in [0.2, 0.25) is 0 Å². The highest BCUT2D eigenvalue weighted by molar-refractivity contribution is 5.68. The van der Waals surface area contributed by atoms with E-state index in [-0.39, 0.29) is 0 Å². The highest BCUT2D eigenvalue weighted by Gasteiger charge is 2.09. The topological polar surface area (TPSA) is 70.3 Å². The van der Waals surface area contributed by atoms with Gasteiger partial charge in [-0.05, 0) is 12.1 Å². The van der Waals surface area contributed by atoms with Crippen molar-refractivity contribution in [3.8, 4) is 22.8 Å². The largest absolute Gasteiger partial charge is 0.497 e. The molecule has 1 aromatic carbocycles. The lowest BCUT2D eigenvalue weighted by molar-refractivity contribution is 0.395. The molecular formula is C12H13N3O2. The lowest BCUT2D eigenvalue weighted by Gasteiger charge is -2.09. The van der Waals surface area contributed by atoms with Gasteiger partial charge in [-0.15, -0.1) is 0 Å². The first-order chi connectivity index (χ1) is 8.24. The first kappa shape index (κ1) is 11.2. The van der Waals surface area contributed by atoms with Crippen LogP contribution in [0.4, 0.5) is 5.82 Å². The van der Waals surface area contributed by atoms with Crippen LogP contribution in [0.3, 0.4) is 0 Å². The third-order valence-electron chi connectivity index (χ3n) is 2.34. The van der Waals surface area contributed by atoms with Crippen LogP contribution in [0.1, 0.15) is 0 Å². The molecule has 5 nitrogen and oxygen atoms in total. The zero-order valence-electron chi connectivity index (χ0n) is 9.68. The van der Waals surface area contributed by atoms with Gasteiger partial charge in [0.15, 0.2) is 0 Å². The highest BCUT2D eigenvalue weighted by Crippen LogP contribution is 2.31. The van der Waals surface area contributed by atoms with E-state index in [1.165, 1.54) is 6.20 Å². The van der Waals surface area contributed by atoms with E-state index >= 15 is 0 Å². The average molecular weight is 231 g/mol. The minimum atomic E-state index is 0.375. The lowest BCUT2D eigenvalue weighted by Crippen LogP contribution is -1.96. The van der Waals surface area contributed by atoms with Crippen LogP contribution in [0.15, 0.2) is 30.6 Å². The zero-order valence-corrected chi connectivity index (χ0v) is 9.68. The highest BCUT2D eigenvalue weighted by atomic mass is 16.5. The summed E-state index contributed by atoms with van der Waals surface area (Å²) in [5.41, 5.74) is 7.10. The van der Waals surface area contributed by atoms with Crippen molar-refractivity contribution in [1.29, 1.82) is 0 Å². The molecule has 0 saturated carbocycles. The molecule has 0 aliphatic heterocycles. The summed E-state index contributed by atoms with van der Waals surface area (Å²) >= 11 is 0. The second kappa shape index (κ2) is 4.69. The molecule has 0 fully saturated rings. The zero-order chi connectivity index (χ0) is 12.3. The Balaban J connectivity index is 2.51. The van der Waals surface area contributed by atoms with Crippen LogP contribution >= 0.6 is 0 Å². The summed E-state index contributed by atoms with van der Waals surface area (Å²) in [7, 11) is 3.20. The van der Waals surface area contributed by atoms with Gasteiger partial charge in [0.1, 0.15) is 17.3 Å². The van der Waals surface area contributed by atoms with Crippen molar-refractivity contribution < 1.29 is 9.47 Å². The summed E-state index contributed by atoms with van der Waals surface area (Å²) in [6.45, 7) is 0. The van der Waals surface area contributed by atoms with E-state index in [2.05, 4.69) is 9.97 Å². The van der Waals surface area contributed by atoms with E-state index < -0.39 is 0 Å². The summed E-state index contributed by atoms with van der Waals surface area (Å²) in [6.07, 6.45) is 3.14. The molecule has 0 amide bonds. The van der Waals surface area contributed by atoms with Crippen LogP contribution in [0, 0.1) is 0 Å². The van der Waals surface area contributed by atoms with Gasteiger partial charge < -0.3 is 15.2 Å². The van der Waals surface area contributed by atoms with Crippen LogP contribution in [-0.2, 0) is 0 Å². The Labute approximate surface area is 99.2 Å².